The summed E-state index contributed by atoms with van der Waals surface area (Å²) in [4.78, 5) is 45.8. The summed E-state index contributed by atoms with van der Waals surface area (Å²) >= 11 is 0. The number of benzene rings is 2. The Hall–Kier alpha value is -5.17. The molecule has 0 saturated heterocycles. The lowest BCUT2D eigenvalue weighted by Gasteiger charge is -2.30. The van der Waals surface area contributed by atoms with E-state index in [4.69, 9.17) is 13.7 Å². The normalized spacial score (nSPS) is 13.7. The van der Waals surface area contributed by atoms with Crippen molar-refractivity contribution in [3.05, 3.63) is 108 Å². The Kier molecular flexibility index (Phi) is 14.0. The van der Waals surface area contributed by atoms with E-state index in [-0.39, 0.29) is 31.4 Å². The predicted octanol–water partition coefficient (Wildman–Crippen LogP) is 4.97. The zero-order chi connectivity index (χ0) is 36.0. The van der Waals surface area contributed by atoms with Gasteiger partial charge in [0.25, 0.3) is 0 Å². The van der Waals surface area contributed by atoms with Crippen molar-refractivity contribution < 1.29 is 33.2 Å². The monoisotopic (exact) mass is 688 g/mol. The molecule has 268 valence electrons. The third kappa shape index (κ3) is 11.8. The molecule has 4 rings (SSSR count). The molecule has 4 N–H and O–H groups in total. The lowest BCUT2D eigenvalue weighted by atomic mass is 9.93. The van der Waals surface area contributed by atoms with Gasteiger partial charge < -0.3 is 39.6 Å². The molecule has 4 unspecified atom stereocenters. The summed E-state index contributed by atoms with van der Waals surface area (Å²) in [5, 5.41) is 24.0. The van der Waals surface area contributed by atoms with E-state index in [1.54, 1.807) is 13.1 Å². The second kappa shape index (κ2) is 18.6. The standard InChI is InChI=1S/C37H48N6O7/c1-24(2)33(42-36(46)43(5)21-29-22-48-35(40-29)25(3)4)34(45)39-28(18-26-12-8-6-9-13-26)20-32(44)31(19-27-14-10-7-11-15-27)41-37(47)49-23-30-16-17-38-50-30/h6-17,22,24-25,28,31-33,44H,18-21,23H2,1-5H3,(H,39,45)(H,41,47)(H,42,46). The van der Waals surface area contributed by atoms with Crippen LogP contribution in [-0.4, -0.2) is 69.5 Å². The fourth-order valence-corrected chi connectivity index (χ4v) is 5.39. The summed E-state index contributed by atoms with van der Waals surface area (Å²) in [7, 11) is 1.62. The number of hydrogen-bond donors (Lipinski definition) is 4. The minimum atomic E-state index is -1.08. The number of hydrogen-bond acceptors (Lipinski definition) is 9. The largest absolute Gasteiger partial charge is 0.448 e. The summed E-state index contributed by atoms with van der Waals surface area (Å²) in [6, 6.07) is 18.0. The number of amides is 4. The Morgan fingerprint density at radius 1 is 0.900 bits per heavy atom. The molecule has 0 saturated carbocycles. The van der Waals surface area contributed by atoms with Crippen LogP contribution < -0.4 is 16.0 Å². The van der Waals surface area contributed by atoms with Gasteiger partial charge in [-0.25, -0.2) is 14.6 Å². The predicted molar refractivity (Wildman–Crippen MR) is 186 cm³/mol. The highest BCUT2D eigenvalue weighted by Crippen LogP contribution is 2.17. The van der Waals surface area contributed by atoms with Gasteiger partial charge >= 0.3 is 12.1 Å². The number of oxazole rings is 1. The van der Waals surface area contributed by atoms with Crippen molar-refractivity contribution in [3.63, 3.8) is 0 Å². The van der Waals surface area contributed by atoms with Crippen LogP contribution in [0.25, 0.3) is 0 Å². The van der Waals surface area contributed by atoms with Crippen molar-refractivity contribution in [1.29, 1.82) is 0 Å². The Balaban J connectivity index is 1.46. The molecule has 50 heavy (non-hydrogen) atoms. The smallest absolute Gasteiger partial charge is 0.407 e. The van der Waals surface area contributed by atoms with Gasteiger partial charge in [-0.3, -0.25) is 4.79 Å². The van der Waals surface area contributed by atoms with Gasteiger partial charge in [-0.15, -0.1) is 0 Å². The van der Waals surface area contributed by atoms with Crippen LogP contribution in [0.3, 0.4) is 0 Å². The highest BCUT2D eigenvalue weighted by atomic mass is 16.6. The van der Waals surface area contributed by atoms with E-state index in [2.05, 4.69) is 26.1 Å². The van der Waals surface area contributed by atoms with Crippen LogP contribution in [0.2, 0.25) is 0 Å². The molecule has 0 radical (unpaired) electrons. The second-order valence-electron chi connectivity index (χ2n) is 13.1. The van der Waals surface area contributed by atoms with Crippen LogP contribution >= 0.6 is 0 Å². The van der Waals surface area contributed by atoms with E-state index in [0.29, 0.717) is 30.2 Å². The average Bonchev–Trinajstić information content (AvgIpc) is 3.79. The van der Waals surface area contributed by atoms with Gasteiger partial charge in [-0.2, -0.15) is 0 Å². The van der Waals surface area contributed by atoms with E-state index < -0.39 is 42.3 Å². The van der Waals surface area contributed by atoms with Crippen LogP contribution in [0.4, 0.5) is 9.59 Å². The number of ether oxygens (including phenoxy) is 1. The SMILES string of the molecule is CC(C)c1nc(CN(C)C(=O)NC(C(=O)NC(Cc2ccccc2)CC(O)C(Cc2ccccc2)NC(=O)OCc2ccno2)C(C)C)co1. The van der Waals surface area contributed by atoms with Crippen molar-refractivity contribution in [2.24, 2.45) is 5.92 Å². The molecule has 0 aliphatic rings. The minimum Gasteiger partial charge on any atom is -0.448 e. The first kappa shape index (κ1) is 37.6. The van der Waals surface area contributed by atoms with E-state index >= 15 is 0 Å². The van der Waals surface area contributed by atoms with Crippen LogP contribution in [0.5, 0.6) is 0 Å². The van der Waals surface area contributed by atoms with Crippen LogP contribution in [0, 0.1) is 5.92 Å². The quantitative estimate of drug-likeness (QED) is 0.120. The lowest BCUT2D eigenvalue weighted by Crippen LogP contribution is -2.55. The number of aliphatic hydroxyl groups is 1. The number of rotatable bonds is 17. The number of nitrogens with zero attached hydrogens (tertiary/aromatic N) is 3. The second-order valence-corrected chi connectivity index (χ2v) is 13.1. The molecule has 13 nitrogen and oxygen atoms in total. The molecular weight excluding hydrogens is 640 g/mol. The van der Waals surface area contributed by atoms with Crippen molar-refractivity contribution in [3.8, 4) is 0 Å². The summed E-state index contributed by atoms with van der Waals surface area (Å²) in [5.41, 5.74) is 2.45. The summed E-state index contributed by atoms with van der Waals surface area (Å²) in [6.07, 6.45) is 1.98. The average molecular weight is 689 g/mol. The number of carbonyl (C=O) groups excluding carboxylic acids is 3. The van der Waals surface area contributed by atoms with Gasteiger partial charge in [0.05, 0.1) is 30.6 Å². The van der Waals surface area contributed by atoms with Crippen molar-refractivity contribution >= 4 is 18.0 Å². The van der Waals surface area contributed by atoms with E-state index in [1.165, 1.54) is 17.4 Å². The first-order valence-electron chi connectivity index (χ1n) is 16.8. The minimum absolute atomic E-state index is 0.101. The van der Waals surface area contributed by atoms with E-state index in [1.807, 2.05) is 88.4 Å². The lowest BCUT2D eigenvalue weighted by molar-refractivity contribution is -0.124. The van der Waals surface area contributed by atoms with Crippen LogP contribution in [0.15, 0.2) is 88.1 Å². The third-order valence-electron chi connectivity index (χ3n) is 8.14. The van der Waals surface area contributed by atoms with Gasteiger partial charge in [-0.1, -0.05) is 93.5 Å². The van der Waals surface area contributed by atoms with Gasteiger partial charge in [0.15, 0.2) is 18.3 Å². The zero-order valence-corrected chi connectivity index (χ0v) is 29.2. The molecule has 13 heteroatoms. The maximum Gasteiger partial charge on any atom is 0.407 e. The van der Waals surface area contributed by atoms with Crippen molar-refractivity contribution in [2.75, 3.05) is 7.05 Å². The maximum atomic E-state index is 13.8. The molecule has 2 heterocycles. The number of urea groups is 1. The Morgan fingerprint density at radius 3 is 2.14 bits per heavy atom. The molecule has 4 atom stereocenters. The maximum absolute atomic E-state index is 13.8. The number of aliphatic hydroxyl groups excluding tert-OH is 1. The topological polar surface area (TPSA) is 172 Å². The molecule has 0 aliphatic carbocycles. The first-order valence-corrected chi connectivity index (χ1v) is 16.8. The van der Waals surface area contributed by atoms with Crippen molar-refractivity contribution in [1.82, 2.24) is 31.0 Å². The van der Waals surface area contributed by atoms with Crippen LogP contribution in [0.1, 0.15) is 68.5 Å². The summed E-state index contributed by atoms with van der Waals surface area (Å²) in [5.74, 6) is 0.438. The number of aromatic nitrogens is 2. The molecule has 0 aliphatic heterocycles. The molecule has 2 aromatic carbocycles. The van der Waals surface area contributed by atoms with Gasteiger partial charge in [0.2, 0.25) is 5.91 Å². The molecular formula is C37H48N6O7. The fraction of sp³-hybridized carbons (Fsp3) is 0.432. The fourth-order valence-electron chi connectivity index (χ4n) is 5.39. The molecule has 4 aromatic rings. The molecule has 0 fully saturated rings. The number of nitrogens with one attached hydrogen (secondary N) is 3. The summed E-state index contributed by atoms with van der Waals surface area (Å²) in [6.45, 7) is 7.72. The van der Waals surface area contributed by atoms with Gasteiger partial charge in [-0.05, 0) is 36.3 Å². The first-order chi connectivity index (χ1) is 24.0. The molecule has 0 spiro atoms. The number of alkyl carbamates (subject to hydrolysis) is 1. The Bertz CT molecular complexity index is 1610. The van der Waals surface area contributed by atoms with Crippen LogP contribution in [-0.2, 0) is 35.5 Å². The summed E-state index contributed by atoms with van der Waals surface area (Å²) < 4.78 is 15.8. The van der Waals surface area contributed by atoms with Gasteiger partial charge in [0, 0.05) is 25.1 Å². The molecule has 0 bridgehead atoms. The Morgan fingerprint density at radius 2 is 1.56 bits per heavy atom. The van der Waals surface area contributed by atoms with E-state index in [9.17, 15) is 19.5 Å². The highest BCUT2D eigenvalue weighted by Gasteiger charge is 2.31. The van der Waals surface area contributed by atoms with E-state index in [0.717, 1.165) is 11.1 Å². The highest BCUT2D eigenvalue weighted by molar-refractivity contribution is 5.87. The zero-order valence-electron chi connectivity index (χ0n) is 29.2. The third-order valence-corrected chi connectivity index (χ3v) is 8.14. The van der Waals surface area contributed by atoms with Crippen molar-refractivity contribution in [2.45, 2.75) is 90.3 Å². The molecule has 4 amide bonds. The van der Waals surface area contributed by atoms with Gasteiger partial charge in [0.1, 0.15) is 12.3 Å². The Labute approximate surface area is 292 Å². The molecule has 2 aromatic heterocycles. The number of carbonyl (C=O) groups is 3.